The Bertz CT molecular complexity index is 778. The maximum absolute atomic E-state index is 11.7. The molecule has 1 atom stereocenters. The van der Waals surface area contributed by atoms with Crippen LogP contribution in [0.3, 0.4) is 0 Å². The molecule has 1 aliphatic heterocycles. The molecule has 2 heterocycles. The van der Waals surface area contributed by atoms with Crippen LogP contribution in [0.4, 0.5) is 0 Å². The van der Waals surface area contributed by atoms with Crippen LogP contribution >= 0.6 is 0 Å². The molecule has 1 aromatic rings. The molecule has 0 bridgehead atoms. The summed E-state index contributed by atoms with van der Waals surface area (Å²) in [7, 11) is -0.892. The summed E-state index contributed by atoms with van der Waals surface area (Å²) < 4.78 is 25.3. The second-order valence-corrected chi connectivity index (χ2v) is 10.3. The molecule has 7 nitrogen and oxygen atoms in total. The first kappa shape index (κ1) is 20.2. The smallest absolute Gasteiger partial charge is 0.191 e. The maximum Gasteiger partial charge on any atom is 0.191 e. The number of aromatic nitrogens is 2. The van der Waals surface area contributed by atoms with Crippen molar-refractivity contribution >= 4 is 15.8 Å². The topological polar surface area (TPSA) is 88.4 Å². The number of aryl methyl sites for hydroxylation is 2. The fourth-order valence-electron chi connectivity index (χ4n) is 4.07. The van der Waals surface area contributed by atoms with Gasteiger partial charge in [-0.25, -0.2) is 13.4 Å². The minimum atomic E-state index is -2.85. The Hall–Kier alpha value is -1.57. The van der Waals surface area contributed by atoms with Crippen LogP contribution in [0.1, 0.15) is 55.5 Å². The van der Waals surface area contributed by atoms with Gasteiger partial charge in [-0.1, -0.05) is 19.3 Å². The van der Waals surface area contributed by atoms with Crippen LogP contribution in [0.15, 0.2) is 4.99 Å². The number of sulfone groups is 1. The van der Waals surface area contributed by atoms with E-state index in [4.69, 9.17) is 4.99 Å². The monoisotopic (exact) mass is 395 g/mol. The number of hydrogen-bond acceptors (Lipinski definition) is 4. The van der Waals surface area contributed by atoms with Gasteiger partial charge in [0.1, 0.15) is 0 Å². The van der Waals surface area contributed by atoms with Crippen molar-refractivity contribution in [1.82, 2.24) is 20.4 Å². The summed E-state index contributed by atoms with van der Waals surface area (Å²) in [4.78, 5) is 4.81. The third kappa shape index (κ3) is 5.46. The Morgan fingerprint density at radius 1 is 1.22 bits per heavy atom. The predicted molar refractivity (Wildman–Crippen MR) is 109 cm³/mol. The van der Waals surface area contributed by atoms with E-state index in [2.05, 4.69) is 22.7 Å². The van der Waals surface area contributed by atoms with Crippen LogP contribution in [0.25, 0.3) is 0 Å². The van der Waals surface area contributed by atoms with Gasteiger partial charge >= 0.3 is 0 Å². The lowest BCUT2D eigenvalue weighted by Gasteiger charge is -2.25. The highest BCUT2D eigenvalue weighted by atomic mass is 32.2. The molecule has 1 unspecified atom stereocenters. The van der Waals surface area contributed by atoms with Crippen molar-refractivity contribution in [3.05, 3.63) is 17.0 Å². The Labute approximate surface area is 162 Å². The Morgan fingerprint density at radius 2 is 1.96 bits per heavy atom. The SMILES string of the molecule is Cc1nn(C)c(C)c1CN=C(NCC1CCS(=O)(=O)C1)NC1CCCCC1. The van der Waals surface area contributed by atoms with Crippen molar-refractivity contribution in [2.45, 2.75) is 65.0 Å². The Kier molecular flexibility index (Phi) is 6.44. The lowest BCUT2D eigenvalue weighted by molar-refractivity contribution is 0.408. The molecular formula is C19H33N5O2S. The number of rotatable bonds is 5. The first-order chi connectivity index (χ1) is 12.8. The van der Waals surface area contributed by atoms with Gasteiger partial charge in [0.15, 0.2) is 15.8 Å². The van der Waals surface area contributed by atoms with E-state index in [1.165, 1.54) is 32.1 Å². The van der Waals surface area contributed by atoms with Crippen molar-refractivity contribution in [3.63, 3.8) is 0 Å². The highest BCUT2D eigenvalue weighted by molar-refractivity contribution is 7.91. The quantitative estimate of drug-likeness (QED) is 0.587. The van der Waals surface area contributed by atoms with Gasteiger partial charge in [-0.15, -0.1) is 0 Å². The molecule has 0 aromatic carbocycles. The third-order valence-corrected chi connectivity index (χ3v) is 7.72. The van der Waals surface area contributed by atoms with Gasteiger partial charge in [0.2, 0.25) is 0 Å². The zero-order valence-electron chi connectivity index (χ0n) is 16.8. The summed E-state index contributed by atoms with van der Waals surface area (Å²) >= 11 is 0. The molecule has 2 aliphatic rings. The van der Waals surface area contributed by atoms with Gasteiger partial charge in [0, 0.05) is 30.9 Å². The second kappa shape index (κ2) is 8.63. The highest BCUT2D eigenvalue weighted by Crippen LogP contribution is 2.19. The predicted octanol–water partition coefficient (Wildman–Crippen LogP) is 1.84. The largest absolute Gasteiger partial charge is 0.356 e. The summed E-state index contributed by atoms with van der Waals surface area (Å²) in [5.41, 5.74) is 3.30. The average molecular weight is 396 g/mol. The molecule has 1 saturated carbocycles. The molecule has 8 heteroatoms. The van der Waals surface area contributed by atoms with Crippen molar-refractivity contribution in [2.75, 3.05) is 18.1 Å². The van der Waals surface area contributed by atoms with Gasteiger partial charge < -0.3 is 10.6 Å². The van der Waals surface area contributed by atoms with E-state index in [-0.39, 0.29) is 11.7 Å². The molecule has 2 fully saturated rings. The average Bonchev–Trinajstić information content (AvgIpc) is 3.10. The van der Waals surface area contributed by atoms with Crippen molar-refractivity contribution in [2.24, 2.45) is 18.0 Å². The molecule has 1 aromatic heterocycles. The van der Waals surface area contributed by atoms with E-state index in [0.717, 1.165) is 29.3 Å². The zero-order chi connectivity index (χ0) is 19.4. The van der Waals surface area contributed by atoms with E-state index in [0.29, 0.717) is 24.9 Å². The normalized spacial score (nSPS) is 23.5. The first-order valence-electron chi connectivity index (χ1n) is 10.1. The number of guanidine groups is 1. The summed E-state index contributed by atoms with van der Waals surface area (Å²) in [5.74, 6) is 1.58. The van der Waals surface area contributed by atoms with Crippen LogP contribution < -0.4 is 10.6 Å². The molecular weight excluding hydrogens is 362 g/mol. The molecule has 27 heavy (non-hydrogen) atoms. The minimum absolute atomic E-state index is 0.176. The van der Waals surface area contributed by atoms with Gasteiger partial charge in [-0.2, -0.15) is 5.10 Å². The highest BCUT2D eigenvalue weighted by Gasteiger charge is 2.28. The van der Waals surface area contributed by atoms with Crippen LogP contribution in [-0.4, -0.2) is 48.3 Å². The van der Waals surface area contributed by atoms with Crippen molar-refractivity contribution < 1.29 is 8.42 Å². The Morgan fingerprint density at radius 3 is 2.56 bits per heavy atom. The lowest BCUT2D eigenvalue weighted by Crippen LogP contribution is -2.45. The molecule has 1 aliphatic carbocycles. The molecule has 152 valence electrons. The molecule has 1 saturated heterocycles. The van der Waals surface area contributed by atoms with Gasteiger partial charge in [-0.3, -0.25) is 4.68 Å². The van der Waals surface area contributed by atoms with Gasteiger partial charge in [-0.05, 0) is 39.0 Å². The summed E-state index contributed by atoms with van der Waals surface area (Å²) in [6.45, 7) is 5.32. The Balaban J connectivity index is 1.66. The molecule has 2 N–H and O–H groups in total. The van der Waals surface area contributed by atoms with Crippen LogP contribution in [-0.2, 0) is 23.4 Å². The van der Waals surface area contributed by atoms with E-state index in [1.807, 2.05) is 18.7 Å². The number of aliphatic imine (C=N–C) groups is 1. The summed E-state index contributed by atoms with van der Waals surface area (Å²) in [6.07, 6.45) is 6.91. The number of nitrogens with one attached hydrogen (secondary N) is 2. The van der Waals surface area contributed by atoms with Crippen LogP contribution in [0.2, 0.25) is 0 Å². The third-order valence-electron chi connectivity index (χ3n) is 5.89. The van der Waals surface area contributed by atoms with Gasteiger partial charge in [0.25, 0.3) is 0 Å². The van der Waals surface area contributed by atoms with Gasteiger partial charge in [0.05, 0.1) is 23.7 Å². The second-order valence-electron chi connectivity index (χ2n) is 8.07. The van der Waals surface area contributed by atoms with E-state index < -0.39 is 9.84 Å². The molecule has 0 amide bonds. The van der Waals surface area contributed by atoms with E-state index in [9.17, 15) is 8.42 Å². The minimum Gasteiger partial charge on any atom is -0.356 e. The number of nitrogens with zero attached hydrogens (tertiary/aromatic N) is 3. The van der Waals surface area contributed by atoms with Crippen molar-refractivity contribution in [1.29, 1.82) is 0 Å². The fraction of sp³-hybridized carbons (Fsp3) is 0.789. The molecule has 0 radical (unpaired) electrons. The maximum atomic E-state index is 11.7. The molecule has 0 spiro atoms. The van der Waals surface area contributed by atoms with Crippen molar-refractivity contribution in [3.8, 4) is 0 Å². The summed E-state index contributed by atoms with van der Waals surface area (Å²) in [5, 5.41) is 11.5. The van der Waals surface area contributed by atoms with E-state index >= 15 is 0 Å². The standard InChI is InChI=1S/C19H33N5O2S/c1-14-18(15(2)24(3)23-14)12-21-19(22-17-7-5-4-6-8-17)20-11-16-9-10-27(25,26)13-16/h16-17H,4-13H2,1-3H3,(H2,20,21,22). The zero-order valence-corrected chi connectivity index (χ0v) is 17.6. The van der Waals surface area contributed by atoms with Crippen LogP contribution in [0.5, 0.6) is 0 Å². The number of hydrogen-bond donors (Lipinski definition) is 2. The van der Waals surface area contributed by atoms with Crippen LogP contribution in [0, 0.1) is 19.8 Å². The fourth-order valence-corrected chi connectivity index (χ4v) is 5.93. The lowest BCUT2D eigenvalue weighted by atomic mass is 9.96. The van der Waals surface area contributed by atoms with E-state index in [1.54, 1.807) is 0 Å². The summed E-state index contributed by atoms with van der Waals surface area (Å²) in [6, 6.07) is 0.452. The molecule has 3 rings (SSSR count). The first-order valence-corrected chi connectivity index (χ1v) is 11.9.